The lowest BCUT2D eigenvalue weighted by Crippen LogP contribution is -2.23. The van der Waals surface area contributed by atoms with Crippen LogP contribution < -0.4 is 5.32 Å². The maximum absolute atomic E-state index is 13.4. The molecule has 0 aliphatic heterocycles. The highest BCUT2D eigenvalue weighted by molar-refractivity contribution is 5.82. The molecule has 0 saturated heterocycles. The van der Waals surface area contributed by atoms with Gasteiger partial charge in [0.05, 0.1) is 6.04 Å². The fourth-order valence-corrected chi connectivity index (χ4v) is 3.38. The van der Waals surface area contributed by atoms with E-state index in [-0.39, 0.29) is 11.9 Å². The molecule has 1 heterocycles. The Kier molecular flexibility index (Phi) is 3.31. The summed E-state index contributed by atoms with van der Waals surface area (Å²) in [6.45, 7) is 2.03. The molecule has 3 heteroatoms. The van der Waals surface area contributed by atoms with Crippen molar-refractivity contribution in [2.24, 2.45) is 5.92 Å². The Balaban J connectivity index is 2.05. The molecule has 1 N–H and O–H groups in total. The van der Waals surface area contributed by atoms with Gasteiger partial charge in [0.15, 0.2) is 0 Å². The van der Waals surface area contributed by atoms with E-state index in [1.165, 1.54) is 31.7 Å². The number of fused-ring (bicyclic) bond motifs is 1. The first-order valence-corrected chi connectivity index (χ1v) is 7.06. The first kappa shape index (κ1) is 12.7. The van der Waals surface area contributed by atoms with Crippen molar-refractivity contribution in [1.82, 2.24) is 5.32 Å². The van der Waals surface area contributed by atoms with Crippen LogP contribution in [0.25, 0.3) is 11.0 Å². The van der Waals surface area contributed by atoms with Crippen LogP contribution in [0.2, 0.25) is 0 Å². The van der Waals surface area contributed by atoms with E-state index in [1.54, 1.807) is 12.1 Å². The van der Waals surface area contributed by atoms with Crippen LogP contribution in [0.5, 0.6) is 0 Å². The van der Waals surface area contributed by atoms with Crippen LogP contribution in [0, 0.1) is 18.7 Å². The fraction of sp³-hybridized carbons (Fsp3) is 0.500. The molecule has 1 atom stereocenters. The molecule has 1 aliphatic rings. The predicted molar refractivity (Wildman–Crippen MR) is 74.7 cm³/mol. The molecular weight excluding hydrogens is 241 g/mol. The highest BCUT2D eigenvalue weighted by Crippen LogP contribution is 2.39. The molecule has 102 valence electrons. The summed E-state index contributed by atoms with van der Waals surface area (Å²) in [6, 6.07) is 5.00. The van der Waals surface area contributed by atoms with Crippen LogP contribution in [0.15, 0.2) is 22.6 Å². The molecule has 2 aromatic rings. The minimum atomic E-state index is -0.204. The number of halogens is 1. The zero-order valence-corrected chi connectivity index (χ0v) is 11.5. The third-order valence-electron chi connectivity index (χ3n) is 4.40. The largest absolute Gasteiger partial charge is 0.459 e. The molecule has 3 rings (SSSR count). The van der Waals surface area contributed by atoms with Crippen molar-refractivity contribution in [2.45, 2.75) is 38.6 Å². The normalized spacial score (nSPS) is 18.3. The quantitative estimate of drug-likeness (QED) is 0.889. The minimum absolute atomic E-state index is 0.204. The summed E-state index contributed by atoms with van der Waals surface area (Å²) in [6.07, 6.45) is 5.10. The SMILES string of the molecule is CNC(c1oc2ccc(F)cc2c1C)C1CCCC1. The van der Waals surface area contributed by atoms with E-state index >= 15 is 0 Å². The van der Waals surface area contributed by atoms with Crippen LogP contribution in [-0.2, 0) is 0 Å². The third kappa shape index (κ3) is 2.16. The van der Waals surface area contributed by atoms with Gasteiger partial charge in [-0.3, -0.25) is 0 Å². The van der Waals surface area contributed by atoms with Crippen molar-refractivity contribution in [3.8, 4) is 0 Å². The minimum Gasteiger partial charge on any atom is -0.459 e. The topological polar surface area (TPSA) is 25.2 Å². The van der Waals surface area contributed by atoms with E-state index in [9.17, 15) is 4.39 Å². The molecule has 2 nitrogen and oxygen atoms in total. The van der Waals surface area contributed by atoms with E-state index in [1.807, 2.05) is 14.0 Å². The molecular formula is C16H20FNO. The lowest BCUT2D eigenvalue weighted by molar-refractivity contribution is 0.334. The fourth-order valence-electron chi connectivity index (χ4n) is 3.38. The van der Waals surface area contributed by atoms with Crippen molar-refractivity contribution < 1.29 is 8.81 Å². The molecule has 0 bridgehead atoms. The van der Waals surface area contributed by atoms with E-state index in [4.69, 9.17) is 4.42 Å². The first-order valence-electron chi connectivity index (χ1n) is 7.06. The summed E-state index contributed by atoms with van der Waals surface area (Å²) >= 11 is 0. The van der Waals surface area contributed by atoms with Crippen molar-refractivity contribution in [3.05, 3.63) is 35.3 Å². The van der Waals surface area contributed by atoms with E-state index in [0.29, 0.717) is 5.92 Å². The van der Waals surface area contributed by atoms with Crippen LogP contribution in [0.1, 0.15) is 43.0 Å². The molecule has 1 aromatic carbocycles. The summed E-state index contributed by atoms with van der Waals surface area (Å²) in [5, 5.41) is 4.29. The standard InChI is InChI=1S/C16H20FNO/c1-10-13-9-12(17)7-8-14(13)19-16(10)15(18-2)11-5-3-4-6-11/h7-9,11,15,18H,3-6H2,1-2H3. The first-order chi connectivity index (χ1) is 9.20. The molecule has 0 radical (unpaired) electrons. The molecule has 0 spiro atoms. The second kappa shape index (κ2) is 4.97. The van der Waals surface area contributed by atoms with Crippen molar-refractivity contribution in [1.29, 1.82) is 0 Å². The number of aryl methyl sites for hydroxylation is 1. The highest BCUT2D eigenvalue weighted by atomic mass is 19.1. The zero-order valence-electron chi connectivity index (χ0n) is 11.5. The number of rotatable bonds is 3. The van der Waals surface area contributed by atoms with Gasteiger partial charge in [0.2, 0.25) is 0 Å². The Bertz CT molecular complexity index is 584. The number of benzene rings is 1. The van der Waals surface area contributed by atoms with Crippen molar-refractivity contribution in [3.63, 3.8) is 0 Å². The molecule has 1 unspecified atom stereocenters. The second-order valence-corrected chi connectivity index (χ2v) is 5.54. The average molecular weight is 261 g/mol. The lowest BCUT2D eigenvalue weighted by atomic mass is 9.94. The maximum atomic E-state index is 13.4. The summed E-state index contributed by atoms with van der Waals surface area (Å²) in [4.78, 5) is 0. The van der Waals surface area contributed by atoms with Gasteiger partial charge in [-0.15, -0.1) is 0 Å². The average Bonchev–Trinajstić information content (AvgIpc) is 3.02. The number of hydrogen-bond acceptors (Lipinski definition) is 2. The van der Waals surface area contributed by atoms with Gasteiger partial charge in [0.25, 0.3) is 0 Å². The van der Waals surface area contributed by atoms with E-state index in [2.05, 4.69) is 5.32 Å². The summed E-state index contributed by atoms with van der Waals surface area (Å²) in [5.41, 5.74) is 1.85. The van der Waals surface area contributed by atoms with Crippen LogP contribution in [-0.4, -0.2) is 7.05 Å². The Morgan fingerprint density at radius 3 is 2.74 bits per heavy atom. The van der Waals surface area contributed by atoms with Crippen LogP contribution in [0.3, 0.4) is 0 Å². The maximum Gasteiger partial charge on any atom is 0.134 e. The van der Waals surface area contributed by atoms with Crippen LogP contribution >= 0.6 is 0 Å². The van der Waals surface area contributed by atoms with Gasteiger partial charge in [-0.1, -0.05) is 12.8 Å². The zero-order chi connectivity index (χ0) is 13.4. The molecule has 1 fully saturated rings. The monoisotopic (exact) mass is 261 g/mol. The molecule has 1 aromatic heterocycles. The van der Waals surface area contributed by atoms with Crippen molar-refractivity contribution in [2.75, 3.05) is 7.05 Å². The Morgan fingerprint density at radius 2 is 2.05 bits per heavy atom. The summed E-state index contributed by atoms with van der Waals surface area (Å²) in [7, 11) is 1.98. The van der Waals surface area contributed by atoms with Gasteiger partial charge < -0.3 is 9.73 Å². The lowest BCUT2D eigenvalue weighted by Gasteiger charge is -2.21. The molecule has 19 heavy (non-hydrogen) atoms. The molecule has 1 aliphatic carbocycles. The number of nitrogens with one attached hydrogen (secondary N) is 1. The highest BCUT2D eigenvalue weighted by Gasteiger charge is 2.29. The predicted octanol–water partition coefficient (Wildman–Crippen LogP) is 4.33. The molecule has 0 amide bonds. The molecule has 1 saturated carbocycles. The van der Waals surface area contributed by atoms with Gasteiger partial charge in [-0.25, -0.2) is 4.39 Å². The number of furan rings is 1. The van der Waals surface area contributed by atoms with E-state index < -0.39 is 0 Å². The van der Waals surface area contributed by atoms with Gasteiger partial charge in [0, 0.05) is 10.9 Å². The van der Waals surface area contributed by atoms with Gasteiger partial charge in [-0.05, 0) is 50.9 Å². The van der Waals surface area contributed by atoms with Gasteiger partial charge in [-0.2, -0.15) is 0 Å². The summed E-state index contributed by atoms with van der Waals surface area (Å²) in [5.74, 6) is 1.41. The van der Waals surface area contributed by atoms with Gasteiger partial charge >= 0.3 is 0 Å². The Morgan fingerprint density at radius 1 is 1.32 bits per heavy atom. The van der Waals surface area contributed by atoms with Crippen molar-refractivity contribution >= 4 is 11.0 Å². The summed E-state index contributed by atoms with van der Waals surface area (Å²) < 4.78 is 19.3. The van der Waals surface area contributed by atoms with E-state index in [0.717, 1.165) is 22.3 Å². The second-order valence-electron chi connectivity index (χ2n) is 5.54. The Labute approximate surface area is 113 Å². The smallest absolute Gasteiger partial charge is 0.134 e. The Hall–Kier alpha value is -1.35. The third-order valence-corrected chi connectivity index (χ3v) is 4.40. The van der Waals surface area contributed by atoms with Gasteiger partial charge in [0.1, 0.15) is 17.2 Å². The number of hydrogen-bond donors (Lipinski definition) is 1. The van der Waals surface area contributed by atoms with Crippen LogP contribution in [0.4, 0.5) is 4.39 Å².